The van der Waals surface area contributed by atoms with Gasteiger partial charge in [0.15, 0.2) is 0 Å². The number of alkyl halides is 3. The van der Waals surface area contributed by atoms with Crippen LogP contribution in [-0.2, 0) is 17.5 Å². The van der Waals surface area contributed by atoms with Crippen molar-refractivity contribution in [2.75, 3.05) is 6.54 Å². The normalized spacial score (nSPS) is 13.1. The predicted molar refractivity (Wildman–Crippen MR) is 71.0 cm³/mol. The summed E-state index contributed by atoms with van der Waals surface area (Å²) in [6, 6.07) is 4.85. The van der Waals surface area contributed by atoms with Crippen LogP contribution in [0.5, 0.6) is 0 Å². The smallest absolute Gasteiger partial charge is 0.352 e. The van der Waals surface area contributed by atoms with Crippen LogP contribution in [0.3, 0.4) is 0 Å². The lowest BCUT2D eigenvalue weighted by Gasteiger charge is -2.12. The molecule has 0 radical (unpaired) electrons. The lowest BCUT2D eigenvalue weighted by molar-refractivity contribution is -0.137. The quantitative estimate of drug-likeness (QED) is 0.845. The Morgan fingerprint density at radius 2 is 1.85 bits per heavy atom. The van der Waals surface area contributed by atoms with E-state index >= 15 is 0 Å². The molecule has 0 fully saturated rings. The first-order chi connectivity index (χ1) is 9.32. The van der Waals surface area contributed by atoms with E-state index in [4.69, 9.17) is 0 Å². The van der Waals surface area contributed by atoms with E-state index in [2.05, 4.69) is 10.6 Å². The molecule has 0 spiro atoms. The van der Waals surface area contributed by atoms with Gasteiger partial charge in [0.25, 0.3) is 0 Å². The first-order valence-corrected chi connectivity index (χ1v) is 6.49. The molecule has 3 nitrogen and oxygen atoms in total. The monoisotopic (exact) mass is 288 g/mol. The molecule has 0 aliphatic rings. The topological polar surface area (TPSA) is 41.1 Å². The van der Waals surface area contributed by atoms with Crippen LogP contribution in [0.15, 0.2) is 24.3 Å². The number of hydrogen-bond donors (Lipinski definition) is 2. The molecule has 0 saturated carbocycles. The number of amides is 1. The van der Waals surface area contributed by atoms with Crippen molar-refractivity contribution in [2.24, 2.45) is 0 Å². The van der Waals surface area contributed by atoms with Crippen LogP contribution < -0.4 is 10.6 Å². The Bertz CT molecular complexity index is 429. The molecule has 1 atom stereocenters. The second-order valence-corrected chi connectivity index (χ2v) is 4.63. The maximum atomic E-state index is 12.4. The maximum Gasteiger partial charge on any atom is 0.416 e. The Hall–Kier alpha value is -1.56. The molecule has 112 valence electrons. The fraction of sp³-hybridized carbons (Fsp3) is 0.500. The van der Waals surface area contributed by atoms with Gasteiger partial charge >= 0.3 is 6.18 Å². The minimum Gasteiger partial charge on any atom is -0.352 e. The summed E-state index contributed by atoms with van der Waals surface area (Å²) in [5.41, 5.74) is -0.0456. The highest BCUT2D eigenvalue weighted by molar-refractivity contribution is 5.76. The first-order valence-electron chi connectivity index (χ1n) is 6.49. The molecule has 0 bridgehead atoms. The third-order valence-corrected chi connectivity index (χ3v) is 2.82. The van der Waals surface area contributed by atoms with Crippen LogP contribution >= 0.6 is 0 Å². The van der Waals surface area contributed by atoms with Gasteiger partial charge in [-0.15, -0.1) is 0 Å². The molecule has 20 heavy (non-hydrogen) atoms. The number of rotatable bonds is 6. The Kier molecular flexibility index (Phi) is 6.01. The number of hydrogen-bond acceptors (Lipinski definition) is 2. The predicted octanol–water partition coefficient (Wildman–Crippen LogP) is 2.71. The van der Waals surface area contributed by atoms with Crippen molar-refractivity contribution >= 4 is 5.91 Å². The minimum absolute atomic E-state index is 0.0765. The van der Waals surface area contributed by atoms with Crippen LogP contribution in [0.4, 0.5) is 13.2 Å². The number of halogens is 3. The maximum absolute atomic E-state index is 12.4. The van der Waals surface area contributed by atoms with Gasteiger partial charge in [0, 0.05) is 19.0 Å². The highest BCUT2D eigenvalue weighted by atomic mass is 19.4. The highest BCUT2D eigenvalue weighted by Crippen LogP contribution is 2.28. The summed E-state index contributed by atoms with van der Waals surface area (Å²) >= 11 is 0. The average Bonchev–Trinajstić information content (AvgIpc) is 2.36. The van der Waals surface area contributed by atoms with Gasteiger partial charge in [0.2, 0.25) is 5.91 Å². The lowest BCUT2D eigenvalue weighted by atomic mass is 10.1. The van der Waals surface area contributed by atoms with Gasteiger partial charge in [0.05, 0.1) is 5.56 Å². The molecule has 6 heteroatoms. The zero-order valence-corrected chi connectivity index (χ0v) is 11.6. The van der Waals surface area contributed by atoms with Gasteiger partial charge in [-0.3, -0.25) is 4.79 Å². The molecule has 1 aromatic rings. The summed E-state index contributed by atoms with van der Waals surface area (Å²) in [4.78, 5) is 11.6. The Labute approximate surface area is 116 Å². The molecule has 0 saturated heterocycles. The standard InChI is InChI=1S/C14H19F3N2O/c1-3-18-10(2)8-13(20)19-9-11-4-6-12(7-5-11)14(15,16)17/h4-7,10,18H,3,8-9H2,1-2H3,(H,19,20). The van der Waals surface area contributed by atoms with Crippen molar-refractivity contribution < 1.29 is 18.0 Å². The SMILES string of the molecule is CCNC(C)CC(=O)NCc1ccc(C(F)(F)F)cc1. The molecule has 1 aromatic carbocycles. The summed E-state index contributed by atoms with van der Waals surface area (Å²) in [5.74, 6) is -0.127. The summed E-state index contributed by atoms with van der Waals surface area (Å²) in [6.45, 7) is 4.88. The van der Waals surface area contributed by atoms with Gasteiger partial charge < -0.3 is 10.6 Å². The third kappa shape index (κ3) is 5.61. The molecule has 1 amide bonds. The molecule has 0 aliphatic heterocycles. The van der Waals surface area contributed by atoms with Gasteiger partial charge in [-0.05, 0) is 31.2 Å². The van der Waals surface area contributed by atoms with E-state index in [0.717, 1.165) is 18.7 Å². The number of carbonyl (C=O) groups excluding carboxylic acids is 1. The summed E-state index contributed by atoms with van der Waals surface area (Å²) in [6.07, 6.45) is -3.99. The number of benzene rings is 1. The average molecular weight is 288 g/mol. The molecular formula is C14H19F3N2O. The highest BCUT2D eigenvalue weighted by Gasteiger charge is 2.29. The largest absolute Gasteiger partial charge is 0.416 e. The lowest BCUT2D eigenvalue weighted by Crippen LogP contribution is -2.33. The van der Waals surface area contributed by atoms with E-state index in [1.807, 2.05) is 13.8 Å². The minimum atomic E-state index is -4.33. The van der Waals surface area contributed by atoms with Crippen LogP contribution in [0, 0.1) is 0 Å². The Morgan fingerprint density at radius 1 is 1.25 bits per heavy atom. The zero-order chi connectivity index (χ0) is 15.2. The molecular weight excluding hydrogens is 269 g/mol. The first kappa shape index (κ1) is 16.5. The van der Waals surface area contributed by atoms with E-state index in [9.17, 15) is 18.0 Å². The molecule has 2 N–H and O–H groups in total. The van der Waals surface area contributed by atoms with E-state index in [1.54, 1.807) is 0 Å². The van der Waals surface area contributed by atoms with E-state index < -0.39 is 11.7 Å². The van der Waals surface area contributed by atoms with Crippen molar-refractivity contribution in [1.82, 2.24) is 10.6 Å². The number of nitrogens with one attached hydrogen (secondary N) is 2. The third-order valence-electron chi connectivity index (χ3n) is 2.82. The van der Waals surface area contributed by atoms with Gasteiger partial charge in [-0.25, -0.2) is 0 Å². The van der Waals surface area contributed by atoms with Crippen LogP contribution in [0.2, 0.25) is 0 Å². The summed E-state index contributed by atoms with van der Waals surface area (Å²) < 4.78 is 37.1. The number of carbonyl (C=O) groups is 1. The van der Waals surface area contributed by atoms with E-state index in [-0.39, 0.29) is 18.5 Å². The Balaban J connectivity index is 2.44. The van der Waals surface area contributed by atoms with Crippen molar-refractivity contribution in [1.29, 1.82) is 0 Å². The van der Waals surface area contributed by atoms with Crippen molar-refractivity contribution in [3.63, 3.8) is 0 Å². The molecule has 0 heterocycles. The van der Waals surface area contributed by atoms with Gasteiger partial charge in [-0.2, -0.15) is 13.2 Å². The van der Waals surface area contributed by atoms with Crippen molar-refractivity contribution in [3.05, 3.63) is 35.4 Å². The van der Waals surface area contributed by atoms with Gasteiger partial charge in [0.1, 0.15) is 0 Å². The van der Waals surface area contributed by atoms with Crippen LogP contribution in [-0.4, -0.2) is 18.5 Å². The summed E-state index contributed by atoms with van der Waals surface area (Å²) in [5, 5.41) is 5.80. The van der Waals surface area contributed by atoms with Crippen LogP contribution in [0.25, 0.3) is 0 Å². The fourth-order valence-electron chi connectivity index (χ4n) is 1.78. The van der Waals surface area contributed by atoms with E-state index in [0.29, 0.717) is 12.0 Å². The summed E-state index contributed by atoms with van der Waals surface area (Å²) in [7, 11) is 0. The van der Waals surface area contributed by atoms with Crippen molar-refractivity contribution in [2.45, 2.75) is 39.0 Å². The second-order valence-electron chi connectivity index (χ2n) is 4.63. The van der Waals surface area contributed by atoms with E-state index in [1.165, 1.54) is 12.1 Å². The second kappa shape index (κ2) is 7.28. The molecule has 0 aromatic heterocycles. The van der Waals surface area contributed by atoms with Crippen LogP contribution in [0.1, 0.15) is 31.4 Å². The van der Waals surface area contributed by atoms with Crippen molar-refractivity contribution in [3.8, 4) is 0 Å². The molecule has 0 aliphatic carbocycles. The Morgan fingerprint density at radius 3 is 2.35 bits per heavy atom. The van der Waals surface area contributed by atoms with Gasteiger partial charge in [-0.1, -0.05) is 19.1 Å². The molecule has 1 unspecified atom stereocenters. The molecule has 1 rings (SSSR count). The fourth-order valence-corrected chi connectivity index (χ4v) is 1.78. The zero-order valence-electron chi connectivity index (χ0n) is 11.6.